The molecule has 0 aromatic rings. The molecule has 0 bridgehead atoms. The van der Waals surface area contributed by atoms with Gasteiger partial charge in [0.2, 0.25) is 0 Å². The lowest BCUT2D eigenvalue weighted by atomic mass is 10.1. The zero-order valence-corrected chi connectivity index (χ0v) is 51.6. The van der Waals surface area contributed by atoms with Crippen molar-refractivity contribution in [3.05, 3.63) is 182 Å². The number of carbonyl (C=O) groups excluding carboxylic acids is 2. The van der Waals surface area contributed by atoms with E-state index in [1.165, 1.54) is 32.1 Å². The first-order chi connectivity index (χ1) is 39.8. The van der Waals surface area contributed by atoms with Gasteiger partial charge in [-0.2, -0.15) is 0 Å². The molecule has 81 heavy (non-hydrogen) atoms. The van der Waals surface area contributed by atoms with Gasteiger partial charge in [-0.3, -0.25) is 18.6 Å². The molecule has 2 atom stereocenters. The maximum Gasteiger partial charge on any atom is 0.472 e. The highest BCUT2D eigenvalue weighted by Crippen LogP contribution is 2.43. The van der Waals surface area contributed by atoms with Crippen molar-refractivity contribution in [3.63, 3.8) is 0 Å². The first-order valence-corrected chi connectivity index (χ1v) is 32.8. The summed E-state index contributed by atoms with van der Waals surface area (Å²) < 4.78 is 33.1. The summed E-state index contributed by atoms with van der Waals surface area (Å²) in [5, 5.41) is 0. The maximum atomic E-state index is 12.7. The second-order valence-electron chi connectivity index (χ2n) is 19.8. The van der Waals surface area contributed by atoms with Crippen molar-refractivity contribution < 1.29 is 37.6 Å². The van der Waals surface area contributed by atoms with Crippen molar-refractivity contribution in [2.24, 2.45) is 5.73 Å². The number of hydrogen-bond donors (Lipinski definition) is 2. The lowest BCUT2D eigenvalue weighted by Gasteiger charge is -2.19. The van der Waals surface area contributed by atoms with Crippen LogP contribution in [0, 0.1) is 0 Å². The maximum absolute atomic E-state index is 12.7. The zero-order chi connectivity index (χ0) is 58.7. The van der Waals surface area contributed by atoms with Crippen molar-refractivity contribution in [1.29, 1.82) is 0 Å². The Morgan fingerprint density at radius 1 is 0.370 bits per heavy atom. The van der Waals surface area contributed by atoms with E-state index in [4.69, 9.17) is 24.3 Å². The molecule has 0 aliphatic heterocycles. The molecule has 0 aliphatic carbocycles. The van der Waals surface area contributed by atoms with Crippen LogP contribution in [0.5, 0.6) is 0 Å². The summed E-state index contributed by atoms with van der Waals surface area (Å²) in [4.78, 5) is 35.3. The molecule has 0 radical (unpaired) electrons. The van der Waals surface area contributed by atoms with Gasteiger partial charge in [-0.05, 0) is 135 Å². The molecular weight excluding hydrogens is 1030 g/mol. The second-order valence-corrected chi connectivity index (χ2v) is 21.3. The van der Waals surface area contributed by atoms with Gasteiger partial charge in [-0.1, -0.05) is 254 Å². The summed E-state index contributed by atoms with van der Waals surface area (Å²) in [6, 6.07) is 0. The molecule has 0 saturated heterocycles. The summed E-state index contributed by atoms with van der Waals surface area (Å²) >= 11 is 0. The highest BCUT2D eigenvalue weighted by molar-refractivity contribution is 7.47. The fourth-order valence-corrected chi connectivity index (χ4v) is 8.51. The van der Waals surface area contributed by atoms with E-state index < -0.39 is 32.5 Å². The summed E-state index contributed by atoms with van der Waals surface area (Å²) in [7, 11) is -4.41. The van der Waals surface area contributed by atoms with Gasteiger partial charge in [0.25, 0.3) is 0 Å². The van der Waals surface area contributed by atoms with E-state index in [0.717, 1.165) is 148 Å². The van der Waals surface area contributed by atoms with Gasteiger partial charge in [-0.15, -0.1) is 0 Å². The molecule has 0 aromatic heterocycles. The molecule has 2 unspecified atom stereocenters. The van der Waals surface area contributed by atoms with Crippen LogP contribution in [0.2, 0.25) is 0 Å². The normalized spacial score (nSPS) is 14.3. The molecule has 0 rings (SSSR count). The number of nitrogens with two attached hydrogens (primary N) is 1. The topological polar surface area (TPSA) is 134 Å². The number of unbranched alkanes of at least 4 members (excludes halogenated alkanes) is 13. The number of rotatable bonds is 56. The van der Waals surface area contributed by atoms with Crippen LogP contribution < -0.4 is 5.73 Å². The van der Waals surface area contributed by atoms with E-state index in [-0.39, 0.29) is 32.6 Å². The number of esters is 2. The van der Waals surface area contributed by atoms with Gasteiger partial charge >= 0.3 is 19.8 Å². The van der Waals surface area contributed by atoms with Crippen LogP contribution in [-0.2, 0) is 32.7 Å². The first kappa shape index (κ1) is 76.1. The highest BCUT2D eigenvalue weighted by Gasteiger charge is 2.26. The highest BCUT2D eigenvalue weighted by atomic mass is 31.2. The van der Waals surface area contributed by atoms with Crippen molar-refractivity contribution >= 4 is 19.8 Å². The molecule has 10 heteroatoms. The molecule has 0 heterocycles. The van der Waals surface area contributed by atoms with E-state index in [1.54, 1.807) is 0 Å². The van der Waals surface area contributed by atoms with Gasteiger partial charge in [0.1, 0.15) is 6.61 Å². The average molecular weight is 1140 g/mol. The SMILES string of the molecule is CC/C=C\C/C=C\C/C=C\C/C=C\C/C=C\C/C=C\C/C=C\C/C=C\CCCCCCC(=O)OC(COC(=O)CCCCCCCCCCC/C=C\C/C=C\C/C=C\C/C=C\C/C=C\C/C=C\C/C=C\CC)COP(=O)(O)OCCN. The zero-order valence-electron chi connectivity index (χ0n) is 50.7. The Morgan fingerprint density at radius 3 is 0.951 bits per heavy atom. The number of ether oxygens (including phenoxy) is 2. The second kappa shape index (κ2) is 64.3. The van der Waals surface area contributed by atoms with E-state index in [2.05, 4.69) is 196 Å². The van der Waals surface area contributed by atoms with E-state index in [0.29, 0.717) is 12.8 Å². The van der Waals surface area contributed by atoms with Gasteiger partial charge in [0.15, 0.2) is 6.10 Å². The van der Waals surface area contributed by atoms with E-state index in [9.17, 15) is 19.0 Å². The lowest BCUT2D eigenvalue weighted by molar-refractivity contribution is -0.161. The predicted molar refractivity (Wildman–Crippen MR) is 348 cm³/mol. The number of phosphoric ester groups is 1. The third-order valence-corrected chi connectivity index (χ3v) is 13.3. The number of allylic oxidation sites excluding steroid dienone is 30. The number of carbonyl (C=O) groups is 2. The molecule has 0 fully saturated rings. The van der Waals surface area contributed by atoms with Crippen LogP contribution in [0.25, 0.3) is 0 Å². The third kappa shape index (κ3) is 64.1. The van der Waals surface area contributed by atoms with E-state index >= 15 is 0 Å². The minimum Gasteiger partial charge on any atom is -0.462 e. The smallest absolute Gasteiger partial charge is 0.462 e. The lowest BCUT2D eigenvalue weighted by Crippen LogP contribution is -2.29. The summed E-state index contributed by atoms with van der Waals surface area (Å²) in [6.07, 6.45) is 96.6. The molecule has 0 saturated carbocycles. The first-order valence-electron chi connectivity index (χ1n) is 31.3. The molecule has 9 nitrogen and oxygen atoms in total. The van der Waals surface area contributed by atoms with Gasteiger partial charge in [0.05, 0.1) is 13.2 Å². The van der Waals surface area contributed by atoms with Gasteiger partial charge < -0.3 is 20.1 Å². The Balaban J connectivity index is 4.09. The monoisotopic (exact) mass is 1140 g/mol. The minimum absolute atomic E-state index is 0.0373. The Labute approximate surface area is 494 Å². The third-order valence-electron chi connectivity index (χ3n) is 12.3. The van der Waals surface area contributed by atoms with Crippen molar-refractivity contribution in [2.45, 2.75) is 225 Å². The fraction of sp³-hybridized carbons (Fsp3) is 0.549. The van der Waals surface area contributed by atoms with Crippen LogP contribution >= 0.6 is 7.82 Å². The van der Waals surface area contributed by atoms with E-state index in [1.807, 2.05) is 0 Å². The van der Waals surface area contributed by atoms with Crippen molar-refractivity contribution in [3.8, 4) is 0 Å². The largest absolute Gasteiger partial charge is 0.472 e. The molecule has 454 valence electrons. The Kier molecular flexibility index (Phi) is 60.4. The minimum atomic E-state index is -4.41. The molecular formula is C71H112NO8P. The predicted octanol–water partition coefficient (Wildman–Crippen LogP) is 20.4. The molecule has 0 amide bonds. The average Bonchev–Trinajstić information content (AvgIpc) is 3.46. The molecule has 3 N–H and O–H groups in total. The van der Waals surface area contributed by atoms with Gasteiger partial charge in [0, 0.05) is 19.4 Å². The number of phosphoric acid groups is 1. The van der Waals surface area contributed by atoms with Crippen LogP contribution in [0.3, 0.4) is 0 Å². The molecule has 0 spiro atoms. The Hall–Kier alpha value is -4.89. The Morgan fingerprint density at radius 2 is 0.642 bits per heavy atom. The van der Waals surface area contributed by atoms with Crippen molar-refractivity contribution in [1.82, 2.24) is 0 Å². The van der Waals surface area contributed by atoms with Crippen molar-refractivity contribution in [2.75, 3.05) is 26.4 Å². The summed E-state index contributed by atoms with van der Waals surface area (Å²) in [6.45, 7) is 3.45. The Bertz CT molecular complexity index is 1980. The van der Waals surface area contributed by atoms with Gasteiger partial charge in [-0.25, -0.2) is 4.57 Å². The van der Waals surface area contributed by atoms with Crippen LogP contribution in [0.1, 0.15) is 219 Å². The van der Waals surface area contributed by atoms with Crippen LogP contribution in [0.4, 0.5) is 0 Å². The summed E-state index contributed by atoms with van der Waals surface area (Å²) in [5.41, 5.74) is 5.39. The summed E-state index contributed by atoms with van der Waals surface area (Å²) in [5.74, 6) is -0.879. The number of hydrogen-bond acceptors (Lipinski definition) is 8. The molecule has 0 aromatic carbocycles. The standard InChI is InChI=1S/C71H112NO8P/c1-3-5-7-9-11-13-15-17-19-21-23-25-27-29-31-33-34-36-37-39-41-43-45-47-49-51-53-55-57-59-61-63-70(73)77-67-69(68-79-81(75,76)78-66-65-72)80-71(74)64-62-60-58-56-54-52-50-48-46-44-42-40-38-35-32-30-28-26-24-22-20-18-16-14-12-10-8-6-4-2/h5-8,11-14,17-20,23-26,29-32,34,36,38-41,44,46,50,52,69H,3-4,9-10,15-16,21-22,27-28,33,35,37,42-43,45,47-49,51,53-68,72H2,1-2H3,(H,75,76)/b7-5-,8-6-,13-11-,14-12-,19-17-,20-18-,25-23-,26-24-,31-29-,32-30-,36-34-,40-38-,41-39-,46-44-,52-50-. The van der Waals surface area contributed by atoms with Crippen LogP contribution in [0.15, 0.2) is 182 Å². The van der Waals surface area contributed by atoms with Crippen LogP contribution in [-0.4, -0.2) is 49.3 Å². The quantitative estimate of drug-likeness (QED) is 0.0264. The molecule has 0 aliphatic rings. The fourth-order valence-electron chi connectivity index (χ4n) is 7.75.